The van der Waals surface area contributed by atoms with Crippen LogP contribution in [-0.4, -0.2) is 7.11 Å². The second-order valence-corrected chi connectivity index (χ2v) is 4.86. The summed E-state index contributed by atoms with van der Waals surface area (Å²) >= 11 is 0. The highest BCUT2D eigenvalue weighted by molar-refractivity contribution is 5.29. The third-order valence-electron chi connectivity index (χ3n) is 3.35. The van der Waals surface area contributed by atoms with Crippen LogP contribution in [0.3, 0.4) is 0 Å². The van der Waals surface area contributed by atoms with Gasteiger partial charge in [0.2, 0.25) is 0 Å². The maximum Gasteiger partial charge on any atom is 0.118 e. The van der Waals surface area contributed by atoms with Crippen LogP contribution in [0.2, 0.25) is 0 Å². The lowest BCUT2D eigenvalue weighted by atomic mass is 10.1. The number of benzene rings is 2. The minimum atomic E-state index is 0.326. The highest BCUT2D eigenvalue weighted by atomic mass is 16.5. The SMILES string of the molecule is COc1ccc([C@H](C)NCc2ccc(C)cc2)cc1. The van der Waals surface area contributed by atoms with Gasteiger partial charge in [0.15, 0.2) is 0 Å². The number of rotatable bonds is 5. The first kappa shape index (κ1) is 13.6. The lowest BCUT2D eigenvalue weighted by Gasteiger charge is -2.15. The molecule has 19 heavy (non-hydrogen) atoms. The average Bonchev–Trinajstić information content (AvgIpc) is 2.46. The molecule has 0 spiro atoms. The Kier molecular flexibility index (Phi) is 4.58. The molecule has 2 aromatic rings. The number of nitrogens with one attached hydrogen (secondary N) is 1. The highest BCUT2D eigenvalue weighted by Gasteiger charge is 2.04. The van der Waals surface area contributed by atoms with Crippen molar-refractivity contribution in [3.8, 4) is 5.75 Å². The van der Waals surface area contributed by atoms with Crippen molar-refractivity contribution in [2.45, 2.75) is 26.4 Å². The van der Waals surface area contributed by atoms with Crippen LogP contribution in [0, 0.1) is 6.92 Å². The number of methoxy groups -OCH3 is 1. The van der Waals surface area contributed by atoms with Gasteiger partial charge in [0.05, 0.1) is 7.11 Å². The normalized spacial score (nSPS) is 12.2. The Bertz CT molecular complexity index is 502. The third-order valence-corrected chi connectivity index (χ3v) is 3.35. The summed E-state index contributed by atoms with van der Waals surface area (Å²) in [5.41, 5.74) is 3.88. The van der Waals surface area contributed by atoms with Crippen LogP contribution in [0.25, 0.3) is 0 Å². The molecular weight excluding hydrogens is 234 g/mol. The van der Waals surface area contributed by atoms with Gasteiger partial charge < -0.3 is 10.1 Å². The molecule has 0 aliphatic rings. The van der Waals surface area contributed by atoms with E-state index in [1.54, 1.807) is 7.11 Å². The van der Waals surface area contributed by atoms with E-state index in [0.717, 1.165) is 12.3 Å². The zero-order valence-corrected chi connectivity index (χ0v) is 11.8. The van der Waals surface area contributed by atoms with Gasteiger partial charge >= 0.3 is 0 Å². The maximum atomic E-state index is 5.17. The zero-order valence-electron chi connectivity index (χ0n) is 11.8. The minimum Gasteiger partial charge on any atom is -0.497 e. The van der Waals surface area contributed by atoms with Crippen molar-refractivity contribution in [3.05, 3.63) is 65.2 Å². The molecule has 0 heterocycles. The van der Waals surface area contributed by atoms with Crippen molar-refractivity contribution in [3.63, 3.8) is 0 Å². The van der Waals surface area contributed by atoms with Crippen molar-refractivity contribution in [2.24, 2.45) is 0 Å². The van der Waals surface area contributed by atoms with Gasteiger partial charge in [-0.15, -0.1) is 0 Å². The van der Waals surface area contributed by atoms with E-state index in [4.69, 9.17) is 4.74 Å². The number of ether oxygens (including phenoxy) is 1. The Morgan fingerprint density at radius 2 is 1.63 bits per heavy atom. The Morgan fingerprint density at radius 1 is 1.00 bits per heavy atom. The Balaban J connectivity index is 1.93. The second-order valence-electron chi connectivity index (χ2n) is 4.86. The second kappa shape index (κ2) is 6.39. The molecule has 0 saturated heterocycles. The molecule has 2 nitrogen and oxygen atoms in total. The van der Waals surface area contributed by atoms with E-state index in [2.05, 4.69) is 55.6 Å². The van der Waals surface area contributed by atoms with E-state index < -0.39 is 0 Å². The molecule has 0 radical (unpaired) electrons. The Morgan fingerprint density at radius 3 is 2.21 bits per heavy atom. The van der Waals surface area contributed by atoms with E-state index >= 15 is 0 Å². The molecule has 2 heteroatoms. The van der Waals surface area contributed by atoms with Gasteiger partial charge in [-0.2, -0.15) is 0 Å². The smallest absolute Gasteiger partial charge is 0.118 e. The molecule has 1 atom stereocenters. The third kappa shape index (κ3) is 3.83. The lowest BCUT2D eigenvalue weighted by Crippen LogP contribution is -2.17. The van der Waals surface area contributed by atoms with Crippen LogP contribution in [0.1, 0.15) is 29.7 Å². The molecule has 0 fully saturated rings. The van der Waals surface area contributed by atoms with Gasteiger partial charge in [0.25, 0.3) is 0 Å². The fourth-order valence-electron chi connectivity index (χ4n) is 1.99. The molecule has 0 unspecified atom stereocenters. The van der Waals surface area contributed by atoms with Gasteiger partial charge in [0, 0.05) is 12.6 Å². The number of hydrogen-bond acceptors (Lipinski definition) is 2. The van der Waals surface area contributed by atoms with Gasteiger partial charge in [-0.25, -0.2) is 0 Å². The van der Waals surface area contributed by atoms with Gasteiger partial charge in [0.1, 0.15) is 5.75 Å². The van der Waals surface area contributed by atoms with E-state index in [1.807, 2.05) is 12.1 Å². The fourth-order valence-corrected chi connectivity index (χ4v) is 1.99. The van der Waals surface area contributed by atoms with E-state index in [-0.39, 0.29) is 0 Å². The first-order valence-electron chi connectivity index (χ1n) is 6.62. The largest absolute Gasteiger partial charge is 0.497 e. The topological polar surface area (TPSA) is 21.3 Å². The van der Waals surface area contributed by atoms with Crippen LogP contribution >= 0.6 is 0 Å². The van der Waals surface area contributed by atoms with Crippen molar-refractivity contribution < 1.29 is 4.74 Å². The van der Waals surface area contributed by atoms with Gasteiger partial charge in [-0.3, -0.25) is 0 Å². The molecule has 0 aliphatic carbocycles. The molecule has 2 aromatic carbocycles. The molecule has 0 bridgehead atoms. The summed E-state index contributed by atoms with van der Waals surface area (Å²) in [4.78, 5) is 0. The highest BCUT2D eigenvalue weighted by Crippen LogP contribution is 2.17. The molecule has 100 valence electrons. The maximum absolute atomic E-state index is 5.17. The molecule has 0 amide bonds. The minimum absolute atomic E-state index is 0.326. The molecular formula is C17H21NO. The van der Waals surface area contributed by atoms with Crippen LogP contribution in [-0.2, 0) is 6.54 Å². The van der Waals surface area contributed by atoms with E-state index in [9.17, 15) is 0 Å². The van der Waals surface area contributed by atoms with Gasteiger partial charge in [-0.05, 0) is 37.1 Å². The zero-order chi connectivity index (χ0) is 13.7. The van der Waals surface area contributed by atoms with Crippen LogP contribution in [0.15, 0.2) is 48.5 Å². The first-order valence-corrected chi connectivity index (χ1v) is 6.62. The van der Waals surface area contributed by atoms with Crippen LogP contribution in [0.5, 0.6) is 5.75 Å². The predicted molar refractivity (Wildman–Crippen MR) is 79.4 cm³/mol. The van der Waals surface area contributed by atoms with E-state index in [0.29, 0.717) is 6.04 Å². The van der Waals surface area contributed by atoms with Crippen molar-refractivity contribution >= 4 is 0 Å². The molecule has 2 rings (SSSR count). The standard InChI is InChI=1S/C17H21NO/c1-13-4-6-15(7-5-13)12-18-14(2)16-8-10-17(19-3)11-9-16/h4-11,14,18H,12H2,1-3H3/t14-/m0/s1. The summed E-state index contributed by atoms with van der Waals surface area (Å²) < 4.78 is 5.17. The average molecular weight is 255 g/mol. The molecule has 1 N–H and O–H groups in total. The van der Waals surface area contributed by atoms with Gasteiger partial charge in [-0.1, -0.05) is 42.0 Å². The molecule has 0 aliphatic heterocycles. The predicted octanol–water partition coefficient (Wildman–Crippen LogP) is 3.85. The summed E-state index contributed by atoms with van der Waals surface area (Å²) in [5, 5.41) is 3.53. The van der Waals surface area contributed by atoms with E-state index in [1.165, 1.54) is 16.7 Å². The van der Waals surface area contributed by atoms with Crippen molar-refractivity contribution in [1.82, 2.24) is 5.32 Å². The summed E-state index contributed by atoms with van der Waals surface area (Å²) in [7, 11) is 1.69. The monoisotopic (exact) mass is 255 g/mol. The molecule has 0 saturated carbocycles. The van der Waals surface area contributed by atoms with Crippen molar-refractivity contribution in [1.29, 1.82) is 0 Å². The number of aryl methyl sites for hydroxylation is 1. The Hall–Kier alpha value is -1.80. The van der Waals surface area contributed by atoms with Crippen LogP contribution < -0.4 is 10.1 Å². The Labute approximate surface area is 115 Å². The van der Waals surface area contributed by atoms with Crippen LogP contribution in [0.4, 0.5) is 0 Å². The summed E-state index contributed by atoms with van der Waals surface area (Å²) in [6.07, 6.45) is 0. The number of hydrogen-bond donors (Lipinski definition) is 1. The summed E-state index contributed by atoms with van der Waals surface area (Å²) in [6.45, 7) is 5.17. The van der Waals surface area contributed by atoms with Crippen molar-refractivity contribution in [2.75, 3.05) is 7.11 Å². The summed E-state index contributed by atoms with van der Waals surface area (Å²) in [6, 6.07) is 17.2. The quantitative estimate of drug-likeness (QED) is 0.876. The fraction of sp³-hybridized carbons (Fsp3) is 0.294. The lowest BCUT2D eigenvalue weighted by molar-refractivity contribution is 0.414. The molecule has 0 aromatic heterocycles. The summed E-state index contributed by atoms with van der Waals surface area (Å²) in [5.74, 6) is 0.898. The first-order chi connectivity index (χ1) is 9.19.